The molecule has 0 unspecified atom stereocenters. The van der Waals surface area contributed by atoms with Crippen LogP contribution in [-0.2, 0) is 0 Å². The number of aromatic nitrogens is 1. The number of hydrogen-bond donors (Lipinski definition) is 0. The molecule has 0 amide bonds. The average Bonchev–Trinajstić information content (AvgIpc) is 2.33. The molecule has 0 fully saturated rings. The molecule has 0 saturated carbocycles. The Balaban J connectivity index is 2.86. The molecule has 0 N–H and O–H groups in total. The van der Waals surface area contributed by atoms with Gasteiger partial charge in [-0.05, 0) is 24.6 Å². The highest BCUT2D eigenvalue weighted by Crippen LogP contribution is 2.17. The molecule has 0 aliphatic heterocycles. The quantitative estimate of drug-likeness (QED) is 0.559. The molecule has 2 rings (SSSR count). The summed E-state index contributed by atoms with van der Waals surface area (Å²) >= 11 is 1.66. The van der Waals surface area contributed by atoms with Crippen LogP contribution in [0.5, 0.6) is 0 Å². The van der Waals surface area contributed by atoms with Gasteiger partial charge in [-0.2, -0.15) is 0 Å². The third-order valence-corrected chi connectivity index (χ3v) is 2.20. The van der Waals surface area contributed by atoms with E-state index >= 15 is 0 Å². The number of rotatable bonds is 0. The van der Waals surface area contributed by atoms with Crippen LogP contribution in [0.1, 0.15) is 5.56 Å². The summed E-state index contributed by atoms with van der Waals surface area (Å²) in [5.74, 6) is 0. The van der Waals surface area contributed by atoms with Crippen molar-refractivity contribution in [3.05, 3.63) is 36.2 Å². The first kappa shape index (κ1) is 5.86. The normalized spacial score (nSPS) is 10.5. The van der Waals surface area contributed by atoms with Gasteiger partial charge in [-0.1, -0.05) is 6.07 Å². The lowest BCUT2D eigenvalue weighted by atomic mass is 10.2. The van der Waals surface area contributed by atoms with Crippen molar-refractivity contribution < 1.29 is 0 Å². The summed E-state index contributed by atoms with van der Waals surface area (Å²) in [5.41, 5.74) is 3.93. The van der Waals surface area contributed by atoms with Crippen LogP contribution in [0, 0.1) is 6.92 Å². The van der Waals surface area contributed by atoms with Gasteiger partial charge < -0.3 is 0 Å². The van der Waals surface area contributed by atoms with Gasteiger partial charge in [-0.3, -0.25) is 0 Å². The molecule has 1 aromatic carbocycles. The highest BCUT2D eigenvalue weighted by atomic mass is 32.1. The summed E-state index contributed by atoms with van der Waals surface area (Å²) in [6.45, 7) is 3.81. The van der Waals surface area contributed by atoms with Crippen LogP contribution in [0.25, 0.3) is 10.2 Å². The van der Waals surface area contributed by atoms with E-state index < -0.39 is 0 Å². The third-order valence-electron chi connectivity index (χ3n) is 1.39. The maximum atomic E-state index is 4.16. The van der Waals surface area contributed by atoms with E-state index in [0.717, 1.165) is 11.1 Å². The molecule has 49 valence electrons. The Hall–Kier alpha value is -0.890. The molecule has 1 radical (unpaired) electrons. The van der Waals surface area contributed by atoms with Crippen molar-refractivity contribution >= 4 is 21.6 Å². The Bertz CT molecular complexity index is 351. The van der Waals surface area contributed by atoms with E-state index in [2.05, 4.69) is 18.0 Å². The molecular weight excluding hydrogens is 142 g/mol. The van der Waals surface area contributed by atoms with Crippen molar-refractivity contribution in [1.82, 2.24) is 4.98 Å². The Kier molecular flexibility index (Phi) is 1.21. The molecule has 0 bridgehead atoms. The Morgan fingerprint density at radius 1 is 1.40 bits per heavy atom. The lowest BCUT2D eigenvalue weighted by Gasteiger charge is -1.88. The summed E-state index contributed by atoms with van der Waals surface area (Å²) in [6.07, 6.45) is 0. The molecule has 2 heteroatoms. The molecule has 0 aliphatic carbocycles. The van der Waals surface area contributed by atoms with Crippen LogP contribution in [0.4, 0.5) is 0 Å². The lowest BCUT2D eigenvalue weighted by Crippen LogP contribution is -1.69. The van der Waals surface area contributed by atoms with Gasteiger partial charge in [-0.25, -0.2) is 4.98 Å². The minimum atomic E-state index is 1.03. The van der Waals surface area contributed by atoms with Gasteiger partial charge in [0.15, 0.2) is 0 Å². The fraction of sp³-hybridized carbons (Fsp3) is 0. The predicted octanol–water partition coefficient (Wildman–Crippen LogP) is 2.48. The number of hydrogen-bond acceptors (Lipinski definition) is 2. The summed E-state index contributed by atoms with van der Waals surface area (Å²) in [7, 11) is 0. The monoisotopic (exact) mass is 148 g/mol. The van der Waals surface area contributed by atoms with E-state index in [4.69, 9.17) is 0 Å². The SMILES string of the molecule is [CH2]c1ccc2scnc2c1. The van der Waals surface area contributed by atoms with Crippen molar-refractivity contribution in [2.24, 2.45) is 0 Å². The number of nitrogens with zero attached hydrogens (tertiary/aromatic N) is 1. The second-order valence-electron chi connectivity index (χ2n) is 2.15. The van der Waals surface area contributed by atoms with Gasteiger partial charge in [0.25, 0.3) is 0 Å². The Morgan fingerprint density at radius 2 is 2.30 bits per heavy atom. The molecule has 1 aromatic heterocycles. The van der Waals surface area contributed by atoms with E-state index in [0.29, 0.717) is 0 Å². The molecule has 0 spiro atoms. The number of benzene rings is 1. The predicted molar refractivity (Wildman–Crippen MR) is 44.1 cm³/mol. The third kappa shape index (κ3) is 0.809. The van der Waals surface area contributed by atoms with Crippen molar-refractivity contribution in [2.75, 3.05) is 0 Å². The highest BCUT2D eigenvalue weighted by molar-refractivity contribution is 7.16. The molecule has 2 aromatic rings. The van der Waals surface area contributed by atoms with Crippen LogP contribution in [0.3, 0.4) is 0 Å². The van der Waals surface area contributed by atoms with Gasteiger partial charge in [0.1, 0.15) is 0 Å². The van der Waals surface area contributed by atoms with E-state index in [9.17, 15) is 0 Å². The minimum Gasteiger partial charge on any atom is -0.245 e. The van der Waals surface area contributed by atoms with Crippen molar-refractivity contribution in [1.29, 1.82) is 0 Å². The fourth-order valence-corrected chi connectivity index (χ4v) is 1.56. The van der Waals surface area contributed by atoms with Crippen LogP contribution in [0.15, 0.2) is 23.7 Å². The van der Waals surface area contributed by atoms with Crippen LogP contribution >= 0.6 is 11.3 Å². The second-order valence-corrected chi connectivity index (χ2v) is 3.04. The van der Waals surface area contributed by atoms with Crippen LogP contribution < -0.4 is 0 Å². The molecule has 1 heterocycles. The van der Waals surface area contributed by atoms with Gasteiger partial charge in [0.05, 0.1) is 15.7 Å². The minimum absolute atomic E-state index is 1.03. The van der Waals surface area contributed by atoms with Gasteiger partial charge in [-0.15, -0.1) is 11.3 Å². The zero-order valence-electron chi connectivity index (χ0n) is 5.37. The maximum Gasteiger partial charge on any atom is 0.0814 e. The lowest BCUT2D eigenvalue weighted by molar-refractivity contribution is 1.49. The molecule has 10 heavy (non-hydrogen) atoms. The van der Waals surface area contributed by atoms with E-state index in [1.807, 2.05) is 17.6 Å². The molecule has 1 nitrogen and oxygen atoms in total. The van der Waals surface area contributed by atoms with Gasteiger partial charge >= 0.3 is 0 Å². The average molecular weight is 148 g/mol. The standard InChI is InChI=1S/C8H6NS/c1-6-2-3-8-7(4-6)9-5-10-8/h2-5H,1H2. The molecule has 0 atom stereocenters. The van der Waals surface area contributed by atoms with Gasteiger partial charge in [0.2, 0.25) is 0 Å². The Morgan fingerprint density at radius 3 is 3.20 bits per heavy atom. The van der Waals surface area contributed by atoms with Crippen LogP contribution in [0.2, 0.25) is 0 Å². The molecule has 0 saturated heterocycles. The topological polar surface area (TPSA) is 12.9 Å². The van der Waals surface area contributed by atoms with E-state index in [1.54, 1.807) is 11.3 Å². The van der Waals surface area contributed by atoms with Crippen LogP contribution in [-0.4, -0.2) is 4.98 Å². The first-order valence-corrected chi connectivity index (χ1v) is 3.89. The van der Waals surface area contributed by atoms with Crippen molar-refractivity contribution in [2.45, 2.75) is 0 Å². The van der Waals surface area contributed by atoms with E-state index in [-0.39, 0.29) is 0 Å². The summed E-state index contributed by atoms with van der Waals surface area (Å²) in [5, 5.41) is 0. The highest BCUT2D eigenvalue weighted by Gasteiger charge is 1.93. The first-order chi connectivity index (χ1) is 4.86. The molecule has 0 aliphatic rings. The smallest absolute Gasteiger partial charge is 0.0814 e. The molecular formula is C8H6NS. The zero-order chi connectivity index (χ0) is 6.97. The summed E-state index contributed by atoms with van der Waals surface area (Å²) < 4.78 is 1.23. The number of thiazole rings is 1. The Labute approximate surface area is 63.3 Å². The fourth-order valence-electron chi connectivity index (χ4n) is 0.903. The first-order valence-electron chi connectivity index (χ1n) is 3.01. The maximum absolute atomic E-state index is 4.16. The number of fused-ring (bicyclic) bond motifs is 1. The van der Waals surface area contributed by atoms with E-state index in [1.165, 1.54) is 4.70 Å². The second kappa shape index (κ2) is 2.06. The largest absolute Gasteiger partial charge is 0.245 e. The van der Waals surface area contributed by atoms with Crippen molar-refractivity contribution in [3.63, 3.8) is 0 Å². The van der Waals surface area contributed by atoms with Gasteiger partial charge in [0, 0.05) is 0 Å². The van der Waals surface area contributed by atoms with Crippen molar-refractivity contribution in [3.8, 4) is 0 Å². The zero-order valence-corrected chi connectivity index (χ0v) is 6.19. The summed E-state index contributed by atoms with van der Waals surface area (Å²) in [4.78, 5) is 4.16. The summed E-state index contributed by atoms with van der Waals surface area (Å²) in [6, 6.07) is 6.04.